The van der Waals surface area contributed by atoms with E-state index in [1.165, 1.54) is 16.2 Å². The number of rotatable bonds is 4. The van der Waals surface area contributed by atoms with Gasteiger partial charge in [0.2, 0.25) is 0 Å². The Labute approximate surface area is 270 Å². The lowest BCUT2D eigenvalue weighted by Gasteiger charge is -2.29. The predicted octanol–water partition coefficient (Wildman–Crippen LogP) is 12.9. The zero-order valence-corrected chi connectivity index (χ0v) is 25.4. The van der Waals surface area contributed by atoms with Crippen molar-refractivity contribution in [2.45, 2.75) is 0 Å². The zero-order valence-electron chi connectivity index (χ0n) is 25.4. The molecule has 0 aliphatic carbocycles. The van der Waals surface area contributed by atoms with E-state index >= 15 is 0 Å². The molecule has 220 valence electrons. The third-order valence-corrected chi connectivity index (χ3v) is 9.43. The number of furan rings is 2. The Bertz CT molecular complexity index is 2820. The molecule has 47 heavy (non-hydrogen) atoms. The fourth-order valence-electron chi connectivity index (χ4n) is 7.33. The van der Waals surface area contributed by atoms with E-state index in [0.29, 0.717) is 0 Å². The number of nitrogens with zero attached hydrogens (tertiary/aromatic N) is 1. The predicted molar refractivity (Wildman–Crippen MR) is 196 cm³/mol. The summed E-state index contributed by atoms with van der Waals surface area (Å²) in [5, 5.41) is 9.13. The molecule has 3 heteroatoms. The number of para-hydroxylation sites is 3. The topological polar surface area (TPSA) is 29.5 Å². The van der Waals surface area contributed by atoms with Gasteiger partial charge < -0.3 is 13.7 Å². The van der Waals surface area contributed by atoms with Crippen LogP contribution in [-0.2, 0) is 0 Å². The van der Waals surface area contributed by atoms with Crippen molar-refractivity contribution in [2.24, 2.45) is 0 Å². The van der Waals surface area contributed by atoms with Crippen LogP contribution < -0.4 is 4.90 Å². The van der Waals surface area contributed by atoms with E-state index in [-0.39, 0.29) is 0 Å². The third-order valence-electron chi connectivity index (χ3n) is 9.43. The zero-order chi connectivity index (χ0) is 30.9. The van der Waals surface area contributed by atoms with Crippen LogP contribution in [0.15, 0.2) is 173 Å². The van der Waals surface area contributed by atoms with Gasteiger partial charge in [0.05, 0.1) is 17.1 Å². The summed E-state index contributed by atoms with van der Waals surface area (Å²) in [6.07, 6.45) is 0. The van der Waals surface area contributed by atoms with Gasteiger partial charge in [-0.25, -0.2) is 0 Å². The van der Waals surface area contributed by atoms with Gasteiger partial charge in [-0.05, 0) is 64.2 Å². The van der Waals surface area contributed by atoms with Crippen molar-refractivity contribution in [3.63, 3.8) is 0 Å². The van der Waals surface area contributed by atoms with Crippen molar-refractivity contribution in [3.8, 4) is 11.1 Å². The molecule has 0 unspecified atom stereocenters. The maximum atomic E-state index is 6.66. The van der Waals surface area contributed by atoms with E-state index in [4.69, 9.17) is 8.83 Å². The second kappa shape index (κ2) is 10.1. The van der Waals surface area contributed by atoms with E-state index in [0.717, 1.165) is 77.5 Å². The Morgan fingerprint density at radius 3 is 1.85 bits per heavy atom. The van der Waals surface area contributed by atoms with Crippen molar-refractivity contribution >= 4 is 82.5 Å². The lowest BCUT2D eigenvalue weighted by molar-refractivity contribution is 0.669. The Balaban J connectivity index is 1.30. The van der Waals surface area contributed by atoms with Gasteiger partial charge in [0.25, 0.3) is 0 Å². The van der Waals surface area contributed by atoms with Gasteiger partial charge in [0, 0.05) is 32.5 Å². The molecule has 0 saturated heterocycles. The molecule has 0 radical (unpaired) electrons. The molecule has 2 heterocycles. The molecule has 0 atom stereocenters. The lowest BCUT2D eigenvalue weighted by Crippen LogP contribution is -2.12. The molecule has 0 aliphatic heterocycles. The molecule has 2 aromatic heterocycles. The highest BCUT2D eigenvalue weighted by atomic mass is 16.3. The first-order chi connectivity index (χ1) is 23.3. The minimum absolute atomic E-state index is 0.856. The number of hydrogen-bond donors (Lipinski definition) is 0. The van der Waals surface area contributed by atoms with Crippen molar-refractivity contribution in [1.29, 1.82) is 0 Å². The standard InChI is InChI=1S/C44H27NO2/c1-2-14-30-27-42-36(26-29(30)13-1)43-34(19-11-25-41(43)46-42)32-17-5-7-21-38(32)45(37-22-9-15-28-12-3-4-16-31(28)37)39-23-10-20-35-33-18-6-8-24-40(33)47-44(35)39/h1-27H. The van der Waals surface area contributed by atoms with Crippen LogP contribution in [0.2, 0.25) is 0 Å². The van der Waals surface area contributed by atoms with E-state index in [2.05, 4.69) is 157 Å². The van der Waals surface area contributed by atoms with E-state index < -0.39 is 0 Å². The molecule has 0 fully saturated rings. The molecule has 0 amide bonds. The largest absolute Gasteiger partial charge is 0.456 e. The molecule has 0 aliphatic rings. The smallest absolute Gasteiger partial charge is 0.159 e. The van der Waals surface area contributed by atoms with Crippen LogP contribution in [0.5, 0.6) is 0 Å². The van der Waals surface area contributed by atoms with Crippen molar-refractivity contribution < 1.29 is 8.83 Å². The molecule has 0 spiro atoms. The Hall–Kier alpha value is -6.32. The summed E-state index contributed by atoms with van der Waals surface area (Å²) in [5.41, 5.74) is 8.85. The third kappa shape index (κ3) is 3.93. The first kappa shape index (κ1) is 26.0. The molecule has 0 saturated carbocycles. The average molecular weight is 602 g/mol. The fraction of sp³-hybridized carbons (Fsp3) is 0. The maximum absolute atomic E-state index is 6.66. The summed E-state index contributed by atoms with van der Waals surface area (Å²) in [6.45, 7) is 0. The van der Waals surface area contributed by atoms with Gasteiger partial charge in [0.1, 0.15) is 16.7 Å². The first-order valence-electron chi connectivity index (χ1n) is 15.9. The average Bonchev–Trinajstić information content (AvgIpc) is 3.69. The minimum Gasteiger partial charge on any atom is -0.456 e. The maximum Gasteiger partial charge on any atom is 0.159 e. The normalized spacial score (nSPS) is 11.8. The number of fused-ring (bicyclic) bond motifs is 8. The molecule has 8 aromatic carbocycles. The summed E-state index contributed by atoms with van der Waals surface area (Å²) < 4.78 is 13.2. The van der Waals surface area contributed by atoms with Crippen LogP contribution >= 0.6 is 0 Å². The molecular weight excluding hydrogens is 574 g/mol. The van der Waals surface area contributed by atoms with Crippen LogP contribution in [0.25, 0.3) is 76.5 Å². The SMILES string of the molecule is c1ccc(N(c2cccc3ccccc23)c2cccc3c2oc2ccccc23)c(-c2cccc3oc4cc5ccccc5cc4c23)c1. The highest BCUT2D eigenvalue weighted by Crippen LogP contribution is 2.48. The lowest BCUT2D eigenvalue weighted by atomic mass is 9.95. The van der Waals surface area contributed by atoms with Crippen LogP contribution in [-0.4, -0.2) is 0 Å². The highest BCUT2D eigenvalue weighted by molar-refractivity contribution is 6.18. The van der Waals surface area contributed by atoms with Gasteiger partial charge in [-0.2, -0.15) is 0 Å². The molecule has 10 aromatic rings. The van der Waals surface area contributed by atoms with Crippen LogP contribution in [0, 0.1) is 0 Å². The summed E-state index contributed by atoms with van der Waals surface area (Å²) in [4.78, 5) is 2.37. The summed E-state index contributed by atoms with van der Waals surface area (Å²) in [6, 6.07) is 57.8. The Morgan fingerprint density at radius 1 is 0.340 bits per heavy atom. The molecule has 0 bridgehead atoms. The summed E-state index contributed by atoms with van der Waals surface area (Å²) in [5.74, 6) is 0. The van der Waals surface area contributed by atoms with Crippen LogP contribution in [0.3, 0.4) is 0 Å². The monoisotopic (exact) mass is 601 g/mol. The van der Waals surface area contributed by atoms with Crippen LogP contribution in [0.4, 0.5) is 17.1 Å². The van der Waals surface area contributed by atoms with Gasteiger partial charge in [-0.1, -0.05) is 121 Å². The van der Waals surface area contributed by atoms with E-state index in [1.54, 1.807) is 0 Å². The van der Waals surface area contributed by atoms with E-state index in [9.17, 15) is 0 Å². The first-order valence-corrected chi connectivity index (χ1v) is 15.9. The van der Waals surface area contributed by atoms with Gasteiger partial charge in [-0.15, -0.1) is 0 Å². The molecule has 10 rings (SSSR count). The molecular formula is C44H27NO2. The number of anilines is 3. The second-order valence-electron chi connectivity index (χ2n) is 12.1. The molecule has 0 N–H and O–H groups in total. The van der Waals surface area contributed by atoms with Gasteiger partial charge in [0.15, 0.2) is 5.58 Å². The van der Waals surface area contributed by atoms with Crippen molar-refractivity contribution in [2.75, 3.05) is 4.90 Å². The summed E-state index contributed by atoms with van der Waals surface area (Å²) >= 11 is 0. The minimum atomic E-state index is 0.856. The van der Waals surface area contributed by atoms with Gasteiger partial charge in [-0.3, -0.25) is 0 Å². The van der Waals surface area contributed by atoms with Crippen molar-refractivity contribution in [3.05, 3.63) is 164 Å². The number of hydrogen-bond acceptors (Lipinski definition) is 3. The van der Waals surface area contributed by atoms with Gasteiger partial charge >= 0.3 is 0 Å². The Kier molecular flexibility index (Phi) is 5.57. The van der Waals surface area contributed by atoms with Crippen LogP contribution in [0.1, 0.15) is 0 Å². The van der Waals surface area contributed by atoms with E-state index in [1.807, 2.05) is 12.1 Å². The summed E-state index contributed by atoms with van der Waals surface area (Å²) in [7, 11) is 0. The van der Waals surface area contributed by atoms with Crippen molar-refractivity contribution in [1.82, 2.24) is 0 Å². The Morgan fingerprint density at radius 2 is 0.936 bits per heavy atom. The number of benzene rings is 8. The highest BCUT2D eigenvalue weighted by Gasteiger charge is 2.24. The fourth-order valence-corrected chi connectivity index (χ4v) is 7.33. The quantitative estimate of drug-likeness (QED) is 0.201. The second-order valence-corrected chi connectivity index (χ2v) is 12.1. The molecule has 3 nitrogen and oxygen atoms in total.